The summed E-state index contributed by atoms with van der Waals surface area (Å²) in [6, 6.07) is 8.74. The van der Waals surface area contributed by atoms with Crippen LogP contribution in [0.2, 0.25) is 0 Å². The number of carbonyl (C=O) groups excluding carboxylic acids is 2. The first kappa shape index (κ1) is 14.3. The van der Waals surface area contributed by atoms with Crippen molar-refractivity contribution in [2.24, 2.45) is 0 Å². The van der Waals surface area contributed by atoms with E-state index < -0.39 is 6.04 Å². The van der Waals surface area contributed by atoms with Crippen LogP contribution in [-0.2, 0) is 17.8 Å². The van der Waals surface area contributed by atoms with Gasteiger partial charge in [0.25, 0.3) is 5.91 Å². The maximum atomic E-state index is 12.5. The second-order valence-corrected chi connectivity index (χ2v) is 5.42. The fourth-order valence-electron chi connectivity index (χ4n) is 2.60. The van der Waals surface area contributed by atoms with E-state index in [9.17, 15) is 9.59 Å². The smallest absolute Gasteiger partial charge is 0.325 e. The molecule has 1 aliphatic rings. The van der Waals surface area contributed by atoms with Gasteiger partial charge in [0.1, 0.15) is 11.8 Å². The van der Waals surface area contributed by atoms with Crippen molar-refractivity contribution in [1.82, 2.24) is 15.4 Å². The van der Waals surface area contributed by atoms with E-state index in [0.717, 1.165) is 11.1 Å². The topological polar surface area (TPSA) is 75.4 Å². The molecule has 0 radical (unpaired) electrons. The van der Waals surface area contributed by atoms with Crippen LogP contribution >= 0.6 is 0 Å². The zero-order chi connectivity index (χ0) is 15.7. The van der Waals surface area contributed by atoms with Gasteiger partial charge in [-0.3, -0.25) is 9.69 Å². The highest BCUT2D eigenvalue weighted by atomic mass is 16.5. The van der Waals surface area contributed by atoms with Gasteiger partial charge in [-0.15, -0.1) is 0 Å². The lowest BCUT2D eigenvalue weighted by atomic mass is 10.1. The van der Waals surface area contributed by atoms with E-state index in [1.54, 1.807) is 13.8 Å². The molecule has 6 nitrogen and oxygen atoms in total. The van der Waals surface area contributed by atoms with Gasteiger partial charge in [-0.05, 0) is 19.4 Å². The lowest BCUT2D eigenvalue weighted by molar-refractivity contribution is -0.127. The standard InChI is InChI=1S/C16H17N3O3/c1-10-13(11(2)22-18-10)9-19-15(20)14(17-16(19)21)8-12-6-4-3-5-7-12/h3-7,14H,8-9H2,1-2H3,(H,17,21)/t14-/m0/s1. The number of benzene rings is 1. The summed E-state index contributed by atoms with van der Waals surface area (Å²) in [6.07, 6.45) is 0.490. The first-order valence-electron chi connectivity index (χ1n) is 7.14. The Labute approximate surface area is 128 Å². The van der Waals surface area contributed by atoms with E-state index in [1.165, 1.54) is 4.90 Å². The highest BCUT2D eigenvalue weighted by Crippen LogP contribution is 2.19. The molecular formula is C16H17N3O3. The molecule has 22 heavy (non-hydrogen) atoms. The Morgan fingerprint density at radius 2 is 1.95 bits per heavy atom. The van der Waals surface area contributed by atoms with Gasteiger partial charge in [0.2, 0.25) is 0 Å². The zero-order valence-electron chi connectivity index (χ0n) is 12.5. The summed E-state index contributed by atoms with van der Waals surface area (Å²) >= 11 is 0. The fraction of sp³-hybridized carbons (Fsp3) is 0.312. The Hall–Kier alpha value is -2.63. The second kappa shape index (κ2) is 5.63. The average molecular weight is 299 g/mol. The number of amides is 3. The zero-order valence-corrected chi connectivity index (χ0v) is 12.5. The molecule has 3 rings (SSSR count). The molecule has 1 atom stereocenters. The maximum Gasteiger partial charge on any atom is 0.325 e. The van der Waals surface area contributed by atoms with E-state index >= 15 is 0 Å². The van der Waals surface area contributed by atoms with Gasteiger partial charge < -0.3 is 9.84 Å². The summed E-state index contributed by atoms with van der Waals surface area (Å²) in [5, 5.41) is 6.59. The highest BCUT2D eigenvalue weighted by Gasteiger charge is 2.38. The molecule has 0 bridgehead atoms. The summed E-state index contributed by atoms with van der Waals surface area (Å²) in [5.41, 5.74) is 2.49. The molecule has 2 aromatic rings. The molecule has 0 spiro atoms. The van der Waals surface area contributed by atoms with Crippen LogP contribution in [-0.4, -0.2) is 28.0 Å². The van der Waals surface area contributed by atoms with Crippen molar-refractivity contribution >= 4 is 11.9 Å². The molecule has 1 aromatic carbocycles. The second-order valence-electron chi connectivity index (χ2n) is 5.42. The van der Waals surface area contributed by atoms with E-state index in [1.807, 2.05) is 30.3 Å². The minimum absolute atomic E-state index is 0.192. The third-order valence-electron chi connectivity index (χ3n) is 3.89. The number of aryl methyl sites for hydroxylation is 2. The third kappa shape index (κ3) is 2.59. The molecule has 1 saturated heterocycles. The van der Waals surface area contributed by atoms with E-state index in [0.29, 0.717) is 17.9 Å². The van der Waals surface area contributed by atoms with Crippen LogP contribution in [0.4, 0.5) is 4.79 Å². The van der Waals surface area contributed by atoms with E-state index in [-0.39, 0.29) is 18.5 Å². The number of carbonyl (C=O) groups is 2. The number of imide groups is 1. The highest BCUT2D eigenvalue weighted by molar-refractivity contribution is 6.04. The molecule has 1 aliphatic heterocycles. The molecule has 1 fully saturated rings. The number of rotatable bonds is 4. The lowest BCUT2D eigenvalue weighted by Gasteiger charge is -2.12. The van der Waals surface area contributed by atoms with Gasteiger partial charge in [0.05, 0.1) is 12.2 Å². The monoisotopic (exact) mass is 299 g/mol. The first-order chi connectivity index (χ1) is 10.6. The van der Waals surface area contributed by atoms with Crippen molar-refractivity contribution in [2.75, 3.05) is 0 Å². The molecule has 114 valence electrons. The number of urea groups is 1. The Kier molecular flexibility index (Phi) is 3.66. The summed E-state index contributed by atoms with van der Waals surface area (Å²) in [7, 11) is 0. The van der Waals surface area contributed by atoms with Gasteiger partial charge in [-0.1, -0.05) is 35.5 Å². The Bertz CT molecular complexity index is 689. The number of hydrogen-bond acceptors (Lipinski definition) is 4. The number of hydrogen-bond donors (Lipinski definition) is 1. The summed E-state index contributed by atoms with van der Waals surface area (Å²) in [5.74, 6) is 0.415. The molecule has 0 saturated carbocycles. The van der Waals surface area contributed by atoms with E-state index in [4.69, 9.17) is 4.52 Å². The van der Waals surface area contributed by atoms with Crippen molar-refractivity contribution in [3.63, 3.8) is 0 Å². The molecule has 1 aromatic heterocycles. The van der Waals surface area contributed by atoms with Crippen molar-refractivity contribution in [3.8, 4) is 0 Å². The van der Waals surface area contributed by atoms with Crippen LogP contribution in [0, 0.1) is 13.8 Å². The van der Waals surface area contributed by atoms with Crippen LogP contribution in [0.1, 0.15) is 22.6 Å². The fourth-order valence-corrected chi connectivity index (χ4v) is 2.60. The summed E-state index contributed by atoms with van der Waals surface area (Å²) in [6.45, 7) is 3.76. The van der Waals surface area contributed by atoms with Crippen LogP contribution < -0.4 is 5.32 Å². The molecule has 0 aliphatic carbocycles. The molecule has 3 amide bonds. The predicted octanol–water partition coefficient (Wildman–Crippen LogP) is 1.95. The molecular weight excluding hydrogens is 282 g/mol. The van der Waals surface area contributed by atoms with Gasteiger partial charge in [0.15, 0.2) is 0 Å². The maximum absolute atomic E-state index is 12.5. The van der Waals surface area contributed by atoms with Crippen molar-refractivity contribution < 1.29 is 14.1 Å². The number of nitrogens with one attached hydrogen (secondary N) is 1. The van der Waals surface area contributed by atoms with Crippen LogP contribution in [0.3, 0.4) is 0 Å². The Balaban J connectivity index is 1.74. The molecule has 0 unspecified atom stereocenters. The average Bonchev–Trinajstić information content (AvgIpc) is 2.96. The van der Waals surface area contributed by atoms with Crippen LogP contribution in [0.25, 0.3) is 0 Å². The number of nitrogens with zero attached hydrogens (tertiary/aromatic N) is 2. The Morgan fingerprint density at radius 3 is 2.59 bits per heavy atom. The van der Waals surface area contributed by atoms with Crippen LogP contribution in [0.5, 0.6) is 0 Å². The Morgan fingerprint density at radius 1 is 1.23 bits per heavy atom. The minimum Gasteiger partial charge on any atom is -0.361 e. The molecule has 2 heterocycles. The van der Waals surface area contributed by atoms with Gasteiger partial charge in [-0.25, -0.2) is 4.79 Å². The summed E-state index contributed by atoms with van der Waals surface area (Å²) < 4.78 is 5.08. The van der Waals surface area contributed by atoms with E-state index in [2.05, 4.69) is 10.5 Å². The SMILES string of the molecule is Cc1noc(C)c1CN1C(=O)N[C@@H](Cc2ccccc2)C1=O. The normalized spacial score (nSPS) is 17.9. The third-order valence-corrected chi connectivity index (χ3v) is 3.89. The first-order valence-corrected chi connectivity index (χ1v) is 7.14. The van der Waals surface area contributed by atoms with Crippen LogP contribution in [0.15, 0.2) is 34.9 Å². The van der Waals surface area contributed by atoms with Crippen molar-refractivity contribution in [2.45, 2.75) is 32.9 Å². The number of aromatic nitrogens is 1. The quantitative estimate of drug-likeness (QED) is 0.876. The van der Waals surface area contributed by atoms with Gasteiger partial charge >= 0.3 is 6.03 Å². The molecule has 6 heteroatoms. The largest absolute Gasteiger partial charge is 0.361 e. The van der Waals surface area contributed by atoms with Gasteiger partial charge in [-0.2, -0.15) is 0 Å². The molecule has 1 N–H and O–H groups in total. The van der Waals surface area contributed by atoms with Crippen molar-refractivity contribution in [3.05, 3.63) is 52.9 Å². The van der Waals surface area contributed by atoms with Gasteiger partial charge in [0, 0.05) is 12.0 Å². The minimum atomic E-state index is -0.518. The summed E-state index contributed by atoms with van der Waals surface area (Å²) in [4.78, 5) is 25.8. The van der Waals surface area contributed by atoms with Crippen molar-refractivity contribution in [1.29, 1.82) is 0 Å². The lowest BCUT2D eigenvalue weighted by Crippen LogP contribution is -2.32. The predicted molar refractivity (Wildman–Crippen MR) is 79.0 cm³/mol.